The van der Waals surface area contributed by atoms with E-state index in [2.05, 4.69) is 10.1 Å². The molecule has 0 fully saturated rings. The SMILES string of the molecule is CCOC(=O)[C@H](CSP(=O)(O)O)NC(=O)CCC(N)C(=O)[O-].[Na+]. The van der Waals surface area contributed by atoms with Crippen LogP contribution in [0.1, 0.15) is 19.8 Å². The van der Waals surface area contributed by atoms with Crippen LogP contribution in [0.15, 0.2) is 0 Å². The van der Waals surface area contributed by atoms with Gasteiger partial charge in [0.15, 0.2) is 0 Å². The molecule has 0 saturated heterocycles. The van der Waals surface area contributed by atoms with Gasteiger partial charge in [0, 0.05) is 18.2 Å². The Morgan fingerprint density at radius 2 is 1.96 bits per heavy atom. The van der Waals surface area contributed by atoms with Gasteiger partial charge in [0.25, 0.3) is 0 Å². The van der Waals surface area contributed by atoms with Crippen molar-refractivity contribution >= 4 is 36.0 Å². The number of carbonyl (C=O) groups excluding carboxylic acids is 3. The summed E-state index contributed by atoms with van der Waals surface area (Å²) in [6.07, 6.45) is -0.485. The van der Waals surface area contributed by atoms with E-state index in [1.807, 2.05) is 0 Å². The van der Waals surface area contributed by atoms with Crippen molar-refractivity contribution in [1.82, 2.24) is 5.32 Å². The van der Waals surface area contributed by atoms with Crippen molar-refractivity contribution in [3.05, 3.63) is 0 Å². The molecule has 0 aromatic rings. The van der Waals surface area contributed by atoms with Gasteiger partial charge in [-0.3, -0.25) is 4.79 Å². The number of carboxylic acids is 1. The molecule has 13 heteroatoms. The van der Waals surface area contributed by atoms with Crippen LogP contribution >= 0.6 is 18.2 Å². The van der Waals surface area contributed by atoms with Crippen molar-refractivity contribution in [3.63, 3.8) is 0 Å². The minimum absolute atomic E-state index is 0. The summed E-state index contributed by atoms with van der Waals surface area (Å²) in [7, 11) is 0. The first-order valence-corrected chi connectivity index (χ1v) is 9.39. The quantitative estimate of drug-likeness (QED) is 0.162. The van der Waals surface area contributed by atoms with Gasteiger partial charge < -0.3 is 35.5 Å². The van der Waals surface area contributed by atoms with Crippen molar-refractivity contribution in [2.45, 2.75) is 31.8 Å². The summed E-state index contributed by atoms with van der Waals surface area (Å²) in [5, 5.41) is 12.6. The Labute approximate surface area is 159 Å². The molecule has 10 nitrogen and oxygen atoms in total. The predicted molar refractivity (Wildman–Crippen MR) is 75.3 cm³/mol. The number of aliphatic carboxylic acids is 1. The number of ether oxygens (including phenoxy) is 1. The van der Waals surface area contributed by atoms with E-state index in [9.17, 15) is 24.1 Å². The fourth-order valence-corrected chi connectivity index (χ4v) is 2.85. The molecule has 0 aromatic heterocycles. The zero-order chi connectivity index (χ0) is 17.3. The van der Waals surface area contributed by atoms with E-state index in [4.69, 9.17) is 15.5 Å². The van der Waals surface area contributed by atoms with E-state index in [1.54, 1.807) is 0 Å². The molecule has 1 unspecified atom stereocenters. The van der Waals surface area contributed by atoms with Crippen molar-refractivity contribution < 1.29 is 68.1 Å². The van der Waals surface area contributed by atoms with E-state index in [-0.39, 0.29) is 66.1 Å². The van der Waals surface area contributed by atoms with Crippen LogP contribution in [0.25, 0.3) is 0 Å². The van der Waals surface area contributed by atoms with Crippen molar-refractivity contribution in [2.24, 2.45) is 5.73 Å². The van der Waals surface area contributed by atoms with Crippen LogP contribution in [0.4, 0.5) is 0 Å². The van der Waals surface area contributed by atoms with Gasteiger partial charge in [0.1, 0.15) is 6.04 Å². The third-order valence-electron chi connectivity index (χ3n) is 2.30. The van der Waals surface area contributed by atoms with Gasteiger partial charge in [-0.05, 0) is 24.7 Å². The van der Waals surface area contributed by atoms with Crippen LogP contribution < -0.4 is 45.7 Å². The molecule has 2 atom stereocenters. The molecule has 0 bridgehead atoms. The average molecular weight is 380 g/mol. The van der Waals surface area contributed by atoms with Crippen LogP contribution in [0, 0.1) is 0 Å². The first-order chi connectivity index (χ1) is 10.1. The summed E-state index contributed by atoms with van der Waals surface area (Å²) in [5.74, 6) is -3.43. The standard InChI is InChI=1S/C10H19N2O8PS.Na/c1-2-20-10(16)7(5-22-21(17,18)19)12-8(13)4-3-6(11)9(14)15;/h6-7H,2-5,11H2,1H3,(H,12,13)(H,14,15)(H2,17,18,19);/q;+1/p-1/t6?,7-;/m0./s1. The summed E-state index contributed by atoms with van der Waals surface area (Å²) < 4.78 is 15.5. The predicted octanol–water partition coefficient (Wildman–Crippen LogP) is -5.28. The number of carbonyl (C=O) groups is 3. The van der Waals surface area contributed by atoms with Crippen LogP contribution in [0.5, 0.6) is 0 Å². The zero-order valence-corrected chi connectivity index (χ0v) is 16.5. The van der Waals surface area contributed by atoms with Crippen LogP contribution in [-0.2, 0) is 23.7 Å². The molecule has 5 N–H and O–H groups in total. The first kappa shape index (κ1) is 25.1. The number of amides is 1. The topological polar surface area (TPSA) is 179 Å². The second-order valence-corrected chi connectivity index (χ2v) is 7.90. The Morgan fingerprint density at radius 3 is 2.39 bits per heavy atom. The van der Waals surface area contributed by atoms with Gasteiger partial charge in [-0.2, -0.15) is 0 Å². The monoisotopic (exact) mass is 380 g/mol. The van der Waals surface area contributed by atoms with E-state index in [1.165, 1.54) is 6.92 Å². The van der Waals surface area contributed by atoms with Gasteiger partial charge >= 0.3 is 42.3 Å². The largest absolute Gasteiger partial charge is 1.00 e. The smallest absolute Gasteiger partial charge is 0.548 e. The molecule has 23 heavy (non-hydrogen) atoms. The molecular formula is C10H18N2NaO8PS. The fraction of sp³-hybridized carbons (Fsp3) is 0.700. The van der Waals surface area contributed by atoms with Crippen molar-refractivity contribution in [1.29, 1.82) is 0 Å². The molecule has 0 aliphatic carbocycles. The Hall–Kier alpha value is -0.130. The molecule has 128 valence electrons. The van der Waals surface area contributed by atoms with Crippen molar-refractivity contribution in [2.75, 3.05) is 12.4 Å². The van der Waals surface area contributed by atoms with Gasteiger partial charge in [-0.1, -0.05) is 0 Å². The molecule has 0 spiro atoms. The molecule has 0 heterocycles. The summed E-state index contributed by atoms with van der Waals surface area (Å²) in [4.78, 5) is 51.2. The number of esters is 1. The minimum atomic E-state index is -4.41. The molecule has 0 aliphatic rings. The van der Waals surface area contributed by atoms with E-state index < -0.39 is 36.7 Å². The maximum absolute atomic E-state index is 11.6. The maximum atomic E-state index is 11.6. The van der Waals surface area contributed by atoms with Gasteiger partial charge in [0.05, 0.1) is 12.6 Å². The van der Waals surface area contributed by atoms with Crippen LogP contribution in [0.2, 0.25) is 0 Å². The first-order valence-electron chi connectivity index (χ1n) is 6.19. The van der Waals surface area contributed by atoms with Gasteiger partial charge in [-0.25, -0.2) is 9.36 Å². The number of nitrogens with one attached hydrogen (secondary N) is 1. The number of hydrogen-bond acceptors (Lipinski definition) is 8. The van der Waals surface area contributed by atoms with Gasteiger partial charge in [-0.15, -0.1) is 0 Å². The second kappa shape index (κ2) is 12.3. The number of rotatable bonds is 10. The zero-order valence-electron chi connectivity index (χ0n) is 12.8. The summed E-state index contributed by atoms with van der Waals surface area (Å²) in [5.41, 5.74) is 5.18. The number of carboxylic acid groups (broad SMARTS) is 1. The molecular weight excluding hydrogens is 362 g/mol. The van der Waals surface area contributed by atoms with E-state index in [0.717, 1.165) is 0 Å². The second-order valence-electron chi connectivity index (χ2n) is 4.12. The van der Waals surface area contributed by atoms with Gasteiger partial charge in [0.2, 0.25) is 5.91 Å². The number of nitrogens with two attached hydrogens (primary N) is 1. The Bertz CT molecular complexity index is 460. The summed E-state index contributed by atoms with van der Waals surface area (Å²) in [6, 6.07) is -2.58. The summed E-state index contributed by atoms with van der Waals surface area (Å²) in [6.45, 7) is -2.85. The maximum Gasteiger partial charge on any atom is 1.00 e. The minimum Gasteiger partial charge on any atom is -0.548 e. The molecule has 0 saturated carbocycles. The van der Waals surface area contributed by atoms with E-state index >= 15 is 0 Å². The van der Waals surface area contributed by atoms with E-state index in [0.29, 0.717) is 0 Å². The third kappa shape index (κ3) is 12.9. The molecule has 0 aliphatic heterocycles. The summed E-state index contributed by atoms with van der Waals surface area (Å²) >= 11 is 0.189. The Morgan fingerprint density at radius 1 is 1.39 bits per heavy atom. The van der Waals surface area contributed by atoms with Crippen molar-refractivity contribution in [3.8, 4) is 0 Å². The Kier molecular flexibility index (Phi) is 13.4. The molecule has 0 radical (unpaired) electrons. The molecule has 1 amide bonds. The number of hydrogen-bond donors (Lipinski definition) is 4. The molecule has 0 aromatic carbocycles. The average Bonchev–Trinajstić information content (AvgIpc) is 2.39. The van der Waals surface area contributed by atoms with Crippen LogP contribution in [-0.4, -0.2) is 52.1 Å². The third-order valence-corrected chi connectivity index (χ3v) is 4.58. The van der Waals surface area contributed by atoms with Crippen LogP contribution in [0.3, 0.4) is 0 Å². The fourth-order valence-electron chi connectivity index (χ4n) is 1.25. The molecule has 0 rings (SSSR count). The Balaban J connectivity index is 0. The normalized spacial score (nSPS) is 13.4.